The number of amides is 1. The number of halogens is 1. The Bertz CT molecular complexity index is 456. The van der Waals surface area contributed by atoms with Gasteiger partial charge in [-0.2, -0.15) is 0 Å². The van der Waals surface area contributed by atoms with Crippen LogP contribution >= 0.6 is 0 Å². The molecule has 1 aromatic carbocycles. The van der Waals surface area contributed by atoms with E-state index in [1.807, 2.05) is 15.9 Å². The highest BCUT2D eigenvalue weighted by Crippen LogP contribution is 2.20. The Hall–Kier alpha value is -1.58. The molecule has 0 atom stereocenters. The molecule has 2 rings (SSSR count). The second-order valence-corrected chi connectivity index (χ2v) is 5.63. The summed E-state index contributed by atoms with van der Waals surface area (Å²) >= 11 is 0. The Kier molecular flexibility index (Phi) is 6.03. The van der Waals surface area contributed by atoms with Gasteiger partial charge in [0.2, 0.25) is 5.91 Å². The zero-order valence-corrected chi connectivity index (χ0v) is 12.9. The lowest BCUT2D eigenvalue weighted by Gasteiger charge is -2.36. The highest BCUT2D eigenvalue weighted by atomic mass is 19.1. The van der Waals surface area contributed by atoms with Crippen LogP contribution in [-0.4, -0.2) is 37.0 Å². The molecular formula is C17H25FN2O. The highest BCUT2D eigenvalue weighted by molar-refractivity contribution is 5.76. The maximum absolute atomic E-state index is 13.7. The Morgan fingerprint density at radius 3 is 2.48 bits per heavy atom. The summed E-state index contributed by atoms with van der Waals surface area (Å²) in [6.45, 7) is 4.98. The molecule has 4 heteroatoms. The number of hydrogen-bond donors (Lipinski definition) is 0. The fourth-order valence-electron chi connectivity index (χ4n) is 2.77. The predicted molar refractivity (Wildman–Crippen MR) is 84.0 cm³/mol. The first-order chi connectivity index (χ1) is 10.2. The van der Waals surface area contributed by atoms with Gasteiger partial charge in [0.15, 0.2) is 0 Å². The number of hydrogen-bond acceptors (Lipinski definition) is 2. The Morgan fingerprint density at radius 2 is 1.81 bits per heavy atom. The van der Waals surface area contributed by atoms with Crippen molar-refractivity contribution in [1.29, 1.82) is 0 Å². The van der Waals surface area contributed by atoms with Gasteiger partial charge in [-0.05, 0) is 18.6 Å². The molecule has 0 N–H and O–H groups in total. The van der Waals surface area contributed by atoms with Crippen LogP contribution in [0.5, 0.6) is 0 Å². The predicted octanol–water partition coefficient (Wildman–Crippen LogP) is 3.44. The second-order valence-electron chi connectivity index (χ2n) is 5.63. The monoisotopic (exact) mass is 292 g/mol. The standard InChI is InChI=1S/C17H25FN2O/c1-2-3-4-5-10-17(21)20-13-11-19(12-14-20)16-9-7-6-8-15(16)18/h6-9H,2-5,10-14H2,1H3. The van der Waals surface area contributed by atoms with Crippen molar-refractivity contribution in [2.24, 2.45) is 0 Å². The average molecular weight is 292 g/mol. The van der Waals surface area contributed by atoms with Crippen molar-refractivity contribution >= 4 is 11.6 Å². The van der Waals surface area contributed by atoms with Crippen LogP contribution in [0.4, 0.5) is 10.1 Å². The molecule has 0 radical (unpaired) electrons. The molecule has 0 aromatic heterocycles. The molecule has 1 saturated heterocycles. The average Bonchev–Trinajstić information content (AvgIpc) is 2.52. The molecule has 1 heterocycles. The van der Waals surface area contributed by atoms with E-state index in [9.17, 15) is 9.18 Å². The lowest BCUT2D eigenvalue weighted by molar-refractivity contribution is -0.131. The molecule has 21 heavy (non-hydrogen) atoms. The third-order valence-corrected chi connectivity index (χ3v) is 4.07. The third-order valence-electron chi connectivity index (χ3n) is 4.07. The third kappa shape index (κ3) is 4.45. The van der Waals surface area contributed by atoms with E-state index in [2.05, 4.69) is 6.92 Å². The molecule has 0 aliphatic carbocycles. The summed E-state index contributed by atoms with van der Waals surface area (Å²) in [6.07, 6.45) is 5.17. The minimum absolute atomic E-state index is 0.183. The van der Waals surface area contributed by atoms with Crippen LogP contribution in [0.2, 0.25) is 0 Å². The minimum atomic E-state index is -0.183. The van der Waals surface area contributed by atoms with E-state index in [0.717, 1.165) is 12.8 Å². The van der Waals surface area contributed by atoms with Crippen LogP contribution in [0.25, 0.3) is 0 Å². The minimum Gasteiger partial charge on any atom is -0.366 e. The van der Waals surface area contributed by atoms with Gasteiger partial charge in [0, 0.05) is 32.6 Å². The summed E-state index contributed by atoms with van der Waals surface area (Å²) in [5.74, 6) is 0.0659. The van der Waals surface area contributed by atoms with Crippen LogP contribution in [0.3, 0.4) is 0 Å². The summed E-state index contributed by atoms with van der Waals surface area (Å²) < 4.78 is 13.7. The quantitative estimate of drug-likeness (QED) is 0.750. The van der Waals surface area contributed by atoms with Crippen LogP contribution in [-0.2, 0) is 4.79 Å². The number of carbonyl (C=O) groups excluding carboxylic acids is 1. The largest absolute Gasteiger partial charge is 0.366 e. The molecule has 0 saturated carbocycles. The first-order valence-corrected chi connectivity index (χ1v) is 7.99. The number of anilines is 1. The van der Waals surface area contributed by atoms with E-state index in [1.165, 1.54) is 18.9 Å². The van der Waals surface area contributed by atoms with Crippen LogP contribution in [0, 0.1) is 5.82 Å². The summed E-state index contributed by atoms with van der Waals surface area (Å²) in [6, 6.07) is 6.84. The normalized spacial score (nSPS) is 15.3. The van der Waals surface area contributed by atoms with E-state index >= 15 is 0 Å². The molecule has 1 aliphatic rings. The van der Waals surface area contributed by atoms with Gasteiger partial charge < -0.3 is 9.80 Å². The van der Waals surface area contributed by atoms with E-state index < -0.39 is 0 Å². The van der Waals surface area contributed by atoms with Gasteiger partial charge >= 0.3 is 0 Å². The van der Waals surface area contributed by atoms with Gasteiger partial charge in [-0.25, -0.2) is 4.39 Å². The number of benzene rings is 1. The van der Waals surface area contributed by atoms with Crippen molar-refractivity contribution in [3.8, 4) is 0 Å². The van der Waals surface area contributed by atoms with Crippen molar-refractivity contribution in [3.05, 3.63) is 30.1 Å². The van der Waals surface area contributed by atoms with Gasteiger partial charge in [0.05, 0.1) is 5.69 Å². The molecule has 0 spiro atoms. The summed E-state index contributed by atoms with van der Waals surface area (Å²) in [7, 11) is 0. The molecule has 116 valence electrons. The van der Waals surface area contributed by atoms with Crippen molar-refractivity contribution in [2.45, 2.75) is 39.0 Å². The van der Waals surface area contributed by atoms with Crippen molar-refractivity contribution in [1.82, 2.24) is 4.90 Å². The summed E-state index contributed by atoms with van der Waals surface area (Å²) in [5, 5.41) is 0. The second kappa shape index (κ2) is 8.01. The maximum atomic E-state index is 13.7. The van der Waals surface area contributed by atoms with Crippen molar-refractivity contribution in [3.63, 3.8) is 0 Å². The smallest absolute Gasteiger partial charge is 0.222 e. The molecule has 0 bridgehead atoms. The lowest BCUT2D eigenvalue weighted by Crippen LogP contribution is -2.49. The topological polar surface area (TPSA) is 23.6 Å². The first kappa shape index (κ1) is 15.8. The molecule has 1 aromatic rings. The molecule has 3 nitrogen and oxygen atoms in total. The first-order valence-electron chi connectivity index (χ1n) is 7.99. The summed E-state index contributed by atoms with van der Waals surface area (Å²) in [5.41, 5.74) is 0.646. The Morgan fingerprint density at radius 1 is 1.10 bits per heavy atom. The zero-order chi connectivity index (χ0) is 15.1. The molecule has 1 amide bonds. The fraction of sp³-hybridized carbons (Fsp3) is 0.588. The maximum Gasteiger partial charge on any atom is 0.222 e. The van der Waals surface area contributed by atoms with Gasteiger partial charge in [-0.1, -0.05) is 38.3 Å². The molecule has 0 unspecified atom stereocenters. The number of carbonyl (C=O) groups is 1. The van der Waals surface area contributed by atoms with Gasteiger partial charge in [-0.3, -0.25) is 4.79 Å². The SMILES string of the molecule is CCCCCCC(=O)N1CCN(c2ccccc2F)CC1. The van der Waals surface area contributed by atoms with E-state index in [1.54, 1.807) is 12.1 Å². The number of unbranched alkanes of at least 4 members (excludes halogenated alkanes) is 3. The number of rotatable bonds is 6. The van der Waals surface area contributed by atoms with Crippen molar-refractivity contribution < 1.29 is 9.18 Å². The Balaban J connectivity index is 1.78. The number of piperazine rings is 1. The van der Waals surface area contributed by atoms with Crippen LogP contribution < -0.4 is 4.90 Å². The van der Waals surface area contributed by atoms with E-state index in [0.29, 0.717) is 38.3 Å². The van der Waals surface area contributed by atoms with E-state index in [4.69, 9.17) is 0 Å². The van der Waals surface area contributed by atoms with Gasteiger partial charge in [0.1, 0.15) is 5.82 Å². The number of nitrogens with zero attached hydrogens (tertiary/aromatic N) is 2. The lowest BCUT2D eigenvalue weighted by atomic mass is 10.1. The summed E-state index contributed by atoms with van der Waals surface area (Å²) in [4.78, 5) is 16.0. The Labute approximate surface area is 126 Å². The molecular weight excluding hydrogens is 267 g/mol. The van der Waals surface area contributed by atoms with Crippen LogP contribution in [0.1, 0.15) is 39.0 Å². The zero-order valence-electron chi connectivity index (χ0n) is 12.9. The molecule has 1 aliphatic heterocycles. The number of para-hydroxylation sites is 1. The van der Waals surface area contributed by atoms with Crippen LogP contribution in [0.15, 0.2) is 24.3 Å². The fourth-order valence-corrected chi connectivity index (χ4v) is 2.77. The van der Waals surface area contributed by atoms with E-state index in [-0.39, 0.29) is 11.7 Å². The highest BCUT2D eigenvalue weighted by Gasteiger charge is 2.22. The van der Waals surface area contributed by atoms with Crippen molar-refractivity contribution in [2.75, 3.05) is 31.1 Å². The molecule has 1 fully saturated rings. The van der Waals surface area contributed by atoms with Gasteiger partial charge in [-0.15, -0.1) is 0 Å². The van der Waals surface area contributed by atoms with Gasteiger partial charge in [0.25, 0.3) is 0 Å².